The average Bonchev–Trinajstić information content (AvgIpc) is 3.20. The molecule has 0 aromatic heterocycles. The van der Waals surface area contributed by atoms with Crippen LogP contribution in [-0.4, -0.2) is 62.5 Å². The number of hydrogen-bond donors (Lipinski definition) is 0. The number of benzene rings is 2. The van der Waals surface area contributed by atoms with Crippen LogP contribution in [0.4, 0.5) is 11.4 Å². The van der Waals surface area contributed by atoms with E-state index in [2.05, 4.69) is 4.90 Å². The van der Waals surface area contributed by atoms with Crippen LogP contribution in [0.2, 0.25) is 5.02 Å². The van der Waals surface area contributed by atoms with Gasteiger partial charge in [0.2, 0.25) is 5.91 Å². The first-order valence-corrected chi connectivity index (χ1v) is 10.6. The van der Waals surface area contributed by atoms with Crippen LogP contribution >= 0.6 is 11.6 Å². The van der Waals surface area contributed by atoms with Gasteiger partial charge in [-0.25, -0.2) is 0 Å². The van der Waals surface area contributed by atoms with Gasteiger partial charge in [-0.15, -0.1) is 0 Å². The van der Waals surface area contributed by atoms with Crippen molar-refractivity contribution in [3.05, 3.63) is 59.1 Å². The van der Waals surface area contributed by atoms with Gasteiger partial charge in [-0.1, -0.05) is 29.8 Å². The maximum atomic E-state index is 12.6. The monoisotopic (exact) mass is 441 g/mol. The second-order valence-electron chi connectivity index (χ2n) is 7.71. The molecule has 2 aliphatic rings. The van der Waals surface area contributed by atoms with Gasteiger partial charge < -0.3 is 19.4 Å². The number of hydrogen-bond acceptors (Lipinski definition) is 5. The van der Waals surface area contributed by atoms with Crippen molar-refractivity contribution in [2.45, 2.75) is 6.42 Å². The zero-order valence-corrected chi connectivity index (χ0v) is 18.0. The predicted molar refractivity (Wildman–Crippen MR) is 118 cm³/mol. The Kier molecular flexibility index (Phi) is 6.13. The fraction of sp³-hybridized carbons (Fsp3) is 0.348. The summed E-state index contributed by atoms with van der Waals surface area (Å²) >= 11 is 6.56. The van der Waals surface area contributed by atoms with Gasteiger partial charge in [0.15, 0.2) is 0 Å². The Labute approximate surface area is 186 Å². The number of ether oxygens (including phenoxy) is 1. The Bertz CT molecular complexity index is 990. The molecule has 2 aromatic rings. The summed E-state index contributed by atoms with van der Waals surface area (Å²) in [7, 11) is 1.33. The minimum atomic E-state index is -0.453. The summed E-state index contributed by atoms with van der Waals surface area (Å²) in [6, 6.07) is 14.8. The van der Waals surface area contributed by atoms with E-state index >= 15 is 0 Å². The number of carbonyl (C=O) groups is 3. The lowest BCUT2D eigenvalue weighted by Gasteiger charge is -2.36. The van der Waals surface area contributed by atoms with E-state index in [-0.39, 0.29) is 24.2 Å². The summed E-state index contributed by atoms with van der Waals surface area (Å²) in [5.74, 6) is -0.908. The van der Waals surface area contributed by atoms with Crippen LogP contribution in [-0.2, 0) is 14.3 Å². The quantitative estimate of drug-likeness (QED) is 0.682. The summed E-state index contributed by atoms with van der Waals surface area (Å²) in [6.07, 6.45) is 0.142. The first-order valence-electron chi connectivity index (χ1n) is 10.2. The van der Waals surface area contributed by atoms with E-state index < -0.39 is 5.92 Å². The fourth-order valence-corrected chi connectivity index (χ4v) is 4.41. The molecule has 0 radical (unpaired) electrons. The van der Waals surface area contributed by atoms with Gasteiger partial charge in [-0.05, 0) is 30.3 Å². The molecule has 0 aliphatic carbocycles. The van der Waals surface area contributed by atoms with Crippen LogP contribution in [0.15, 0.2) is 48.5 Å². The Balaban J connectivity index is 1.41. The molecule has 0 N–H and O–H groups in total. The molecule has 0 bridgehead atoms. The zero-order valence-electron chi connectivity index (χ0n) is 17.3. The molecule has 8 heteroatoms. The molecule has 31 heavy (non-hydrogen) atoms. The summed E-state index contributed by atoms with van der Waals surface area (Å²) in [6.45, 7) is 2.85. The molecule has 7 nitrogen and oxygen atoms in total. The minimum Gasteiger partial charge on any atom is -0.469 e. The first-order chi connectivity index (χ1) is 15.0. The lowest BCUT2D eigenvalue weighted by Crippen LogP contribution is -2.48. The molecule has 4 rings (SSSR count). The van der Waals surface area contributed by atoms with Crippen molar-refractivity contribution in [1.29, 1.82) is 0 Å². The van der Waals surface area contributed by atoms with Crippen LogP contribution < -0.4 is 9.80 Å². The van der Waals surface area contributed by atoms with Gasteiger partial charge in [0.05, 0.1) is 23.7 Å². The topological polar surface area (TPSA) is 70.2 Å². The van der Waals surface area contributed by atoms with Crippen LogP contribution in [0.3, 0.4) is 0 Å². The normalized spacial score (nSPS) is 19.0. The highest BCUT2D eigenvalue weighted by atomic mass is 35.5. The number of nitrogens with zero attached hydrogens (tertiary/aromatic N) is 3. The van der Waals surface area contributed by atoms with E-state index in [0.717, 1.165) is 5.69 Å². The number of halogens is 1. The SMILES string of the molecule is COC(=O)[C@@H]1CC(=O)N(c2ccc(N3CCN(C(=O)c4ccccc4)CC3)c(Cl)c2)C1. The fourth-order valence-electron chi connectivity index (χ4n) is 4.12. The predicted octanol–water partition coefficient (Wildman–Crippen LogP) is 2.83. The van der Waals surface area contributed by atoms with Crippen molar-refractivity contribution in [2.75, 3.05) is 49.6 Å². The second-order valence-corrected chi connectivity index (χ2v) is 8.12. The molecule has 2 amide bonds. The molecule has 2 aromatic carbocycles. The van der Waals surface area contributed by atoms with Crippen LogP contribution in [0.25, 0.3) is 0 Å². The van der Waals surface area contributed by atoms with Crippen molar-refractivity contribution in [1.82, 2.24) is 4.90 Å². The molecule has 0 spiro atoms. The third-order valence-electron chi connectivity index (χ3n) is 5.83. The van der Waals surface area contributed by atoms with Gasteiger partial charge in [0, 0.05) is 50.4 Å². The maximum Gasteiger partial charge on any atom is 0.311 e. The van der Waals surface area contributed by atoms with Gasteiger partial charge in [0.1, 0.15) is 0 Å². The molecule has 2 heterocycles. The Morgan fingerprint density at radius 3 is 2.39 bits per heavy atom. The highest BCUT2D eigenvalue weighted by Gasteiger charge is 2.36. The third kappa shape index (κ3) is 4.37. The number of anilines is 2. The van der Waals surface area contributed by atoms with E-state index in [1.165, 1.54) is 7.11 Å². The van der Waals surface area contributed by atoms with Crippen molar-refractivity contribution >= 4 is 40.8 Å². The molecular formula is C23H24ClN3O4. The number of amides is 2. The molecule has 2 saturated heterocycles. The smallest absolute Gasteiger partial charge is 0.311 e. The standard InChI is InChI=1S/C23H24ClN3O4/c1-31-23(30)17-13-21(28)27(15-17)18-7-8-20(19(24)14-18)25-9-11-26(12-10-25)22(29)16-5-3-2-4-6-16/h2-8,14,17H,9-13,15H2,1H3/t17-/m1/s1. The summed E-state index contributed by atoms with van der Waals surface area (Å²) in [4.78, 5) is 42.3. The highest BCUT2D eigenvalue weighted by molar-refractivity contribution is 6.33. The summed E-state index contributed by atoms with van der Waals surface area (Å²) < 4.78 is 4.76. The van der Waals surface area contributed by atoms with Crippen molar-refractivity contribution < 1.29 is 19.1 Å². The van der Waals surface area contributed by atoms with E-state index in [1.807, 2.05) is 47.4 Å². The molecule has 0 unspecified atom stereocenters. The second kappa shape index (κ2) is 8.98. The summed E-state index contributed by atoms with van der Waals surface area (Å²) in [5, 5.41) is 0.537. The largest absolute Gasteiger partial charge is 0.469 e. The number of rotatable bonds is 4. The van der Waals surface area contributed by atoms with E-state index in [4.69, 9.17) is 16.3 Å². The summed E-state index contributed by atoms with van der Waals surface area (Å²) in [5.41, 5.74) is 2.23. The van der Waals surface area contributed by atoms with Crippen LogP contribution in [0.1, 0.15) is 16.8 Å². The lowest BCUT2D eigenvalue weighted by molar-refractivity contribution is -0.145. The maximum absolute atomic E-state index is 12.6. The van der Waals surface area contributed by atoms with E-state index in [9.17, 15) is 14.4 Å². The van der Waals surface area contributed by atoms with Crippen molar-refractivity contribution in [3.8, 4) is 0 Å². The highest BCUT2D eigenvalue weighted by Crippen LogP contribution is 2.34. The number of methoxy groups -OCH3 is 1. The Hall–Kier alpha value is -3.06. The average molecular weight is 442 g/mol. The number of esters is 1. The molecule has 2 fully saturated rings. The van der Waals surface area contributed by atoms with E-state index in [1.54, 1.807) is 11.0 Å². The first kappa shape index (κ1) is 21.2. The van der Waals surface area contributed by atoms with Crippen LogP contribution in [0.5, 0.6) is 0 Å². The molecule has 162 valence electrons. The van der Waals surface area contributed by atoms with E-state index in [0.29, 0.717) is 49.0 Å². The van der Waals surface area contributed by atoms with Gasteiger partial charge >= 0.3 is 5.97 Å². The van der Waals surface area contributed by atoms with Gasteiger partial charge in [0.25, 0.3) is 5.91 Å². The molecule has 0 saturated carbocycles. The van der Waals surface area contributed by atoms with Crippen molar-refractivity contribution in [2.24, 2.45) is 5.92 Å². The van der Waals surface area contributed by atoms with Gasteiger partial charge in [-0.2, -0.15) is 0 Å². The van der Waals surface area contributed by atoms with Gasteiger partial charge in [-0.3, -0.25) is 14.4 Å². The number of carbonyl (C=O) groups excluding carboxylic acids is 3. The third-order valence-corrected chi connectivity index (χ3v) is 6.13. The molecule has 2 aliphatic heterocycles. The minimum absolute atomic E-state index is 0.0365. The Morgan fingerprint density at radius 2 is 1.74 bits per heavy atom. The molecule has 1 atom stereocenters. The molecular weight excluding hydrogens is 418 g/mol. The Morgan fingerprint density at radius 1 is 1.03 bits per heavy atom. The lowest BCUT2D eigenvalue weighted by atomic mass is 10.1. The number of piperazine rings is 1. The van der Waals surface area contributed by atoms with Crippen LogP contribution in [0, 0.1) is 5.92 Å². The zero-order chi connectivity index (χ0) is 22.0. The van der Waals surface area contributed by atoms with Crippen molar-refractivity contribution in [3.63, 3.8) is 0 Å².